The molecule has 2 bridgehead atoms. The largest absolute Gasteiger partial charge is 0.464 e. The summed E-state index contributed by atoms with van der Waals surface area (Å²) in [6.45, 7) is 11.1. The zero-order valence-electron chi connectivity index (χ0n) is 12.3. The highest BCUT2D eigenvalue weighted by molar-refractivity contribution is 5.74. The zero-order valence-corrected chi connectivity index (χ0v) is 12.3. The van der Waals surface area contributed by atoms with Gasteiger partial charge in [-0.15, -0.1) is 0 Å². The van der Waals surface area contributed by atoms with Crippen molar-refractivity contribution in [2.24, 2.45) is 16.7 Å². The number of esters is 1. The molecule has 0 aromatic rings. The van der Waals surface area contributed by atoms with Crippen molar-refractivity contribution in [2.45, 2.75) is 66.1 Å². The van der Waals surface area contributed by atoms with E-state index in [9.17, 15) is 4.79 Å². The third kappa shape index (κ3) is 1.87. The van der Waals surface area contributed by atoms with Crippen molar-refractivity contribution in [3.05, 3.63) is 0 Å². The minimum atomic E-state index is -0.443. The van der Waals surface area contributed by atoms with Crippen LogP contribution in [0.25, 0.3) is 0 Å². The van der Waals surface area contributed by atoms with E-state index in [1.807, 2.05) is 6.92 Å². The molecule has 0 radical (unpaired) electrons. The second kappa shape index (κ2) is 4.52. The summed E-state index contributed by atoms with van der Waals surface area (Å²) in [7, 11) is 0. The van der Waals surface area contributed by atoms with Gasteiger partial charge in [-0.05, 0) is 49.9 Å². The fourth-order valence-electron chi connectivity index (χ4n) is 3.90. The third-order valence-corrected chi connectivity index (χ3v) is 5.70. The van der Waals surface area contributed by atoms with Crippen LogP contribution in [0.5, 0.6) is 0 Å². The van der Waals surface area contributed by atoms with Gasteiger partial charge in [0.25, 0.3) is 0 Å². The Balaban J connectivity index is 2.02. The van der Waals surface area contributed by atoms with Crippen LogP contribution in [0.1, 0.15) is 53.9 Å². The van der Waals surface area contributed by atoms with Crippen molar-refractivity contribution in [1.29, 1.82) is 0 Å². The summed E-state index contributed by atoms with van der Waals surface area (Å²) in [5, 5.41) is 0. The normalized spacial score (nSPS) is 38.7. The van der Waals surface area contributed by atoms with E-state index in [2.05, 4.69) is 20.8 Å². The SMILES string of the molecule is CCOC(=O)C(C)OC1CC2CCC1(C)C2(C)C. The van der Waals surface area contributed by atoms with Crippen LogP contribution < -0.4 is 0 Å². The second-order valence-electron chi connectivity index (χ2n) is 6.63. The highest BCUT2D eigenvalue weighted by atomic mass is 16.6. The average molecular weight is 254 g/mol. The van der Waals surface area contributed by atoms with E-state index in [4.69, 9.17) is 9.47 Å². The van der Waals surface area contributed by atoms with Crippen molar-refractivity contribution in [3.8, 4) is 0 Å². The summed E-state index contributed by atoms with van der Waals surface area (Å²) in [4.78, 5) is 11.7. The molecule has 2 fully saturated rings. The van der Waals surface area contributed by atoms with Crippen LogP contribution in [0.4, 0.5) is 0 Å². The van der Waals surface area contributed by atoms with E-state index in [1.165, 1.54) is 12.8 Å². The minimum Gasteiger partial charge on any atom is -0.464 e. The Morgan fingerprint density at radius 2 is 2.06 bits per heavy atom. The topological polar surface area (TPSA) is 35.5 Å². The highest BCUT2D eigenvalue weighted by Gasteiger charge is 2.62. The van der Waals surface area contributed by atoms with Gasteiger partial charge in [-0.1, -0.05) is 20.8 Å². The maximum absolute atomic E-state index is 11.7. The first-order chi connectivity index (χ1) is 8.33. The summed E-state index contributed by atoms with van der Waals surface area (Å²) in [5.74, 6) is 0.503. The van der Waals surface area contributed by atoms with E-state index < -0.39 is 6.10 Å². The maximum atomic E-state index is 11.7. The molecule has 0 aromatic heterocycles. The van der Waals surface area contributed by atoms with Gasteiger partial charge in [0.05, 0.1) is 12.7 Å². The van der Waals surface area contributed by atoms with Gasteiger partial charge in [-0.2, -0.15) is 0 Å². The van der Waals surface area contributed by atoms with Crippen molar-refractivity contribution in [1.82, 2.24) is 0 Å². The van der Waals surface area contributed by atoms with Crippen LogP contribution in [-0.2, 0) is 14.3 Å². The molecule has 3 heteroatoms. The summed E-state index contributed by atoms with van der Waals surface area (Å²) in [6, 6.07) is 0. The maximum Gasteiger partial charge on any atom is 0.334 e. The number of rotatable bonds is 4. The highest BCUT2D eigenvalue weighted by Crippen LogP contribution is 2.66. The Morgan fingerprint density at radius 3 is 2.50 bits per heavy atom. The lowest BCUT2D eigenvalue weighted by atomic mass is 9.70. The lowest BCUT2D eigenvalue weighted by Crippen LogP contribution is -2.40. The molecule has 104 valence electrons. The van der Waals surface area contributed by atoms with Crippen molar-refractivity contribution >= 4 is 5.97 Å². The van der Waals surface area contributed by atoms with Crippen LogP contribution >= 0.6 is 0 Å². The standard InChI is InChI=1S/C15H26O3/c1-6-17-13(16)10(2)18-12-9-11-7-8-15(12,5)14(11,3)4/h10-12H,6-9H2,1-5H3. The summed E-state index contributed by atoms with van der Waals surface area (Å²) >= 11 is 0. The van der Waals surface area contributed by atoms with Gasteiger partial charge in [0, 0.05) is 0 Å². The summed E-state index contributed by atoms with van der Waals surface area (Å²) < 4.78 is 11.0. The molecule has 0 amide bonds. The number of carbonyl (C=O) groups excluding carboxylic acids is 1. The van der Waals surface area contributed by atoms with Crippen LogP contribution in [0, 0.1) is 16.7 Å². The fourth-order valence-corrected chi connectivity index (χ4v) is 3.90. The number of ether oxygens (including phenoxy) is 2. The van der Waals surface area contributed by atoms with Crippen molar-refractivity contribution in [3.63, 3.8) is 0 Å². The molecule has 0 heterocycles. The number of hydrogen-bond acceptors (Lipinski definition) is 3. The molecule has 4 atom stereocenters. The van der Waals surface area contributed by atoms with E-state index in [0.29, 0.717) is 12.0 Å². The molecule has 18 heavy (non-hydrogen) atoms. The molecule has 2 saturated carbocycles. The molecule has 0 N–H and O–H groups in total. The van der Waals surface area contributed by atoms with Crippen molar-refractivity contribution < 1.29 is 14.3 Å². The Kier molecular flexibility index (Phi) is 3.48. The van der Waals surface area contributed by atoms with Crippen LogP contribution in [0.2, 0.25) is 0 Å². The van der Waals surface area contributed by atoms with Crippen molar-refractivity contribution in [2.75, 3.05) is 6.61 Å². The Hall–Kier alpha value is -0.570. The quantitative estimate of drug-likeness (QED) is 0.723. The van der Waals surface area contributed by atoms with Crippen LogP contribution in [0.15, 0.2) is 0 Å². The number of carbonyl (C=O) groups is 1. The molecular formula is C15H26O3. The van der Waals surface area contributed by atoms with Gasteiger partial charge >= 0.3 is 5.97 Å². The van der Waals surface area contributed by atoms with E-state index in [1.54, 1.807) is 6.92 Å². The molecule has 4 unspecified atom stereocenters. The molecule has 0 spiro atoms. The van der Waals surface area contributed by atoms with Gasteiger partial charge in [0.15, 0.2) is 6.10 Å². The molecule has 0 aromatic carbocycles. The first kappa shape index (κ1) is 13.9. The lowest BCUT2D eigenvalue weighted by molar-refractivity contribution is -0.165. The number of fused-ring (bicyclic) bond motifs is 2. The van der Waals surface area contributed by atoms with Gasteiger partial charge in [0.2, 0.25) is 0 Å². The first-order valence-electron chi connectivity index (χ1n) is 7.15. The Morgan fingerprint density at radius 1 is 1.39 bits per heavy atom. The van der Waals surface area contributed by atoms with Gasteiger partial charge in [0.1, 0.15) is 0 Å². The molecular weight excluding hydrogens is 228 g/mol. The predicted octanol–water partition coefficient (Wildman–Crippen LogP) is 3.17. The zero-order chi connectivity index (χ0) is 13.6. The smallest absolute Gasteiger partial charge is 0.334 e. The van der Waals surface area contributed by atoms with Crippen LogP contribution in [0.3, 0.4) is 0 Å². The summed E-state index contributed by atoms with van der Waals surface area (Å²) in [5.41, 5.74) is 0.532. The number of hydrogen-bond donors (Lipinski definition) is 0. The lowest BCUT2D eigenvalue weighted by Gasteiger charge is -2.39. The Bertz CT molecular complexity index is 337. The molecule has 3 nitrogen and oxygen atoms in total. The third-order valence-electron chi connectivity index (χ3n) is 5.70. The van der Waals surface area contributed by atoms with E-state index in [-0.39, 0.29) is 17.5 Å². The minimum absolute atomic E-state index is 0.200. The molecule has 0 saturated heterocycles. The molecule has 2 aliphatic carbocycles. The second-order valence-corrected chi connectivity index (χ2v) is 6.63. The molecule has 0 aliphatic heterocycles. The van der Waals surface area contributed by atoms with E-state index >= 15 is 0 Å². The predicted molar refractivity (Wildman–Crippen MR) is 70.2 cm³/mol. The fraction of sp³-hybridized carbons (Fsp3) is 0.933. The Labute approximate surface area is 110 Å². The van der Waals surface area contributed by atoms with E-state index in [0.717, 1.165) is 12.3 Å². The van der Waals surface area contributed by atoms with Crippen LogP contribution in [-0.4, -0.2) is 24.8 Å². The average Bonchev–Trinajstić information content (AvgIpc) is 2.62. The first-order valence-corrected chi connectivity index (χ1v) is 7.15. The molecule has 2 rings (SSSR count). The van der Waals surface area contributed by atoms with Gasteiger partial charge < -0.3 is 9.47 Å². The van der Waals surface area contributed by atoms with Gasteiger partial charge in [-0.3, -0.25) is 0 Å². The summed E-state index contributed by atoms with van der Waals surface area (Å²) in [6.07, 6.45) is 3.36. The van der Waals surface area contributed by atoms with Gasteiger partial charge in [-0.25, -0.2) is 4.79 Å². The molecule has 2 aliphatic rings. The monoisotopic (exact) mass is 254 g/mol.